The van der Waals surface area contributed by atoms with E-state index in [1.807, 2.05) is 24.3 Å². The number of hydrogen-bond acceptors (Lipinski definition) is 9. The summed E-state index contributed by atoms with van der Waals surface area (Å²) in [5.74, 6) is 0.845. The lowest BCUT2D eigenvalue weighted by molar-refractivity contribution is -0.277. The Morgan fingerprint density at radius 1 is 0.938 bits per heavy atom. The van der Waals surface area contributed by atoms with Crippen molar-refractivity contribution >= 4 is 5.78 Å². The molecule has 0 aliphatic carbocycles. The van der Waals surface area contributed by atoms with Crippen LogP contribution in [0.2, 0.25) is 0 Å². The number of hydrogen-bond donors (Lipinski definition) is 4. The summed E-state index contributed by atoms with van der Waals surface area (Å²) < 4.78 is 21.6. The third-order valence-corrected chi connectivity index (χ3v) is 5.38. The van der Waals surface area contributed by atoms with Crippen LogP contribution < -0.4 is 14.2 Å². The first-order valence-electron chi connectivity index (χ1n) is 10.2. The van der Waals surface area contributed by atoms with Gasteiger partial charge in [-0.25, -0.2) is 0 Å². The van der Waals surface area contributed by atoms with Crippen LogP contribution in [-0.2, 0) is 11.2 Å². The molecule has 9 heteroatoms. The lowest BCUT2D eigenvalue weighted by atomic mass is 9.99. The number of ketones is 1. The van der Waals surface area contributed by atoms with Crippen LogP contribution in [0.4, 0.5) is 0 Å². The van der Waals surface area contributed by atoms with Crippen molar-refractivity contribution in [2.45, 2.75) is 43.5 Å². The quantitative estimate of drug-likeness (QED) is 0.409. The first-order valence-corrected chi connectivity index (χ1v) is 10.2. The normalized spacial score (nSPS) is 25.2. The molecule has 0 amide bonds. The van der Waals surface area contributed by atoms with Gasteiger partial charge in [-0.1, -0.05) is 18.2 Å². The van der Waals surface area contributed by atoms with Crippen molar-refractivity contribution in [2.24, 2.45) is 0 Å². The van der Waals surface area contributed by atoms with Gasteiger partial charge in [0.15, 0.2) is 5.78 Å². The standard InChI is InChI=1S/C23H28O9/c1-29-14-9-6-13(7-10-14)8-11-15(25)19-16(30-2)4-3-5-17(19)31-23-22(28)21(27)20(26)18(12-24)32-23/h3-7,9-10,18,20-24,26-28H,8,11-12H2,1-2H3/t18-,20-,21+,22-,23-/m1/s1. The van der Waals surface area contributed by atoms with E-state index in [-0.39, 0.29) is 29.3 Å². The minimum Gasteiger partial charge on any atom is -0.497 e. The summed E-state index contributed by atoms with van der Waals surface area (Å²) in [6.45, 7) is -0.587. The second-order valence-corrected chi connectivity index (χ2v) is 7.42. The number of carbonyl (C=O) groups is 1. The lowest BCUT2D eigenvalue weighted by Gasteiger charge is -2.39. The van der Waals surface area contributed by atoms with Crippen LogP contribution in [0.5, 0.6) is 17.2 Å². The van der Waals surface area contributed by atoms with E-state index in [4.69, 9.17) is 18.9 Å². The van der Waals surface area contributed by atoms with Crippen LogP contribution in [0.25, 0.3) is 0 Å². The van der Waals surface area contributed by atoms with Crippen LogP contribution >= 0.6 is 0 Å². The van der Waals surface area contributed by atoms with Crippen molar-refractivity contribution in [3.05, 3.63) is 53.6 Å². The fourth-order valence-corrected chi connectivity index (χ4v) is 3.52. The molecule has 2 aromatic carbocycles. The van der Waals surface area contributed by atoms with E-state index in [9.17, 15) is 25.2 Å². The molecule has 1 heterocycles. The number of aliphatic hydroxyl groups excluding tert-OH is 4. The molecule has 0 unspecified atom stereocenters. The van der Waals surface area contributed by atoms with E-state index >= 15 is 0 Å². The van der Waals surface area contributed by atoms with Gasteiger partial charge < -0.3 is 39.4 Å². The highest BCUT2D eigenvalue weighted by Gasteiger charge is 2.45. The monoisotopic (exact) mass is 448 g/mol. The predicted molar refractivity (Wildman–Crippen MR) is 113 cm³/mol. The maximum atomic E-state index is 13.1. The summed E-state index contributed by atoms with van der Waals surface area (Å²) in [5, 5.41) is 39.6. The van der Waals surface area contributed by atoms with Crippen LogP contribution in [0.1, 0.15) is 22.3 Å². The first-order chi connectivity index (χ1) is 15.4. The number of ether oxygens (including phenoxy) is 4. The Bertz CT molecular complexity index is 897. The van der Waals surface area contributed by atoms with Crippen molar-refractivity contribution in [2.75, 3.05) is 20.8 Å². The number of methoxy groups -OCH3 is 2. The van der Waals surface area contributed by atoms with E-state index < -0.39 is 37.3 Å². The Kier molecular flexibility index (Phi) is 8.05. The number of carbonyl (C=O) groups excluding carboxylic acids is 1. The molecule has 0 radical (unpaired) electrons. The van der Waals surface area contributed by atoms with E-state index in [2.05, 4.69) is 0 Å². The molecule has 1 saturated heterocycles. The average molecular weight is 448 g/mol. The number of benzene rings is 2. The van der Waals surface area contributed by atoms with Crippen molar-refractivity contribution in [1.29, 1.82) is 0 Å². The second-order valence-electron chi connectivity index (χ2n) is 7.42. The maximum Gasteiger partial charge on any atom is 0.229 e. The largest absolute Gasteiger partial charge is 0.497 e. The minimum absolute atomic E-state index is 0.0911. The highest BCUT2D eigenvalue weighted by atomic mass is 16.7. The molecule has 1 fully saturated rings. The van der Waals surface area contributed by atoms with Gasteiger partial charge in [-0.2, -0.15) is 0 Å². The topological polar surface area (TPSA) is 135 Å². The van der Waals surface area contributed by atoms with Gasteiger partial charge in [-0.3, -0.25) is 4.79 Å². The molecular weight excluding hydrogens is 420 g/mol. The molecule has 0 bridgehead atoms. The Morgan fingerprint density at radius 2 is 1.62 bits per heavy atom. The van der Waals surface area contributed by atoms with E-state index in [1.54, 1.807) is 19.2 Å². The molecule has 9 nitrogen and oxygen atoms in total. The van der Waals surface area contributed by atoms with Crippen LogP contribution in [0, 0.1) is 0 Å². The minimum atomic E-state index is -1.60. The van der Waals surface area contributed by atoms with Crippen molar-refractivity contribution < 1.29 is 44.2 Å². The zero-order valence-corrected chi connectivity index (χ0v) is 17.9. The highest BCUT2D eigenvalue weighted by molar-refractivity contribution is 6.01. The number of aryl methyl sites for hydroxylation is 1. The molecule has 1 aliphatic rings. The van der Waals surface area contributed by atoms with Crippen molar-refractivity contribution in [3.63, 3.8) is 0 Å². The van der Waals surface area contributed by atoms with E-state index in [1.165, 1.54) is 13.2 Å². The summed E-state index contributed by atoms with van der Waals surface area (Å²) in [7, 11) is 3.00. The zero-order valence-electron chi connectivity index (χ0n) is 17.9. The zero-order chi connectivity index (χ0) is 23.3. The average Bonchev–Trinajstić information content (AvgIpc) is 2.82. The number of aliphatic hydroxyl groups is 4. The van der Waals surface area contributed by atoms with Gasteiger partial charge in [0.1, 0.15) is 47.2 Å². The second kappa shape index (κ2) is 10.8. The molecule has 3 rings (SSSR count). The van der Waals surface area contributed by atoms with Crippen LogP contribution in [0.3, 0.4) is 0 Å². The molecule has 5 atom stereocenters. The Morgan fingerprint density at radius 3 is 2.25 bits per heavy atom. The van der Waals surface area contributed by atoms with Crippen molar-refractivity contribution in [3.8, 4) is 17.2 Å². The van der Waals surface area contributed by atoms with Crippen LogP contribution in [-0.4, -0.2) is 77.7 Å². The molecule has 32 heavy (non-hydrogen) atoms. The fraction of sp³-hybridized carbons (Fsp3) is 0.435. The summed E-state index contributed by atoms with van der Waals surface area (Å²) in [4.78, 5) is 13.1. The molecule has 174 valence electrons. The smallest absolute Gasteiger partial charge is 0.229 e. The molecule has 0 spiro atoms. The summed E-state index contributed by atoms with van der Waals surface area (Å²) in [6.07, 6.45) is -6.60. The molecule has 0 saturated carbocycles. The Labute approximate surface area is 185 Å². The highest BCUT2D eigenvalue weighted by Crippen LogP contribution is 2.33. The summed E-state index contributed by atoms with van der Waals surface area (Å²) in [5.41, 5.74) is 1.12. The molecule has 2 aromatic rings. The molecule has 4 N–H and O–H groups in total. The fourth-order valence-electron chi connectivity index (χ4n) is 3.52. The summed E-state index contributed by atoms with van der Waals surface area (Å²) in [6, 6.07) is 12.1. The van der Waals surface area contributed by atoms with Gasteiger partial charge >= 0.3 is 0 Å². The lowest BCUT2D eigenvalue weighted by Crippen LogP contribution is -2.60. The molecule has 0 aromatic heterocycles. The van der Waals surface area contributed by atoms with Gasteiger partial charge in [-0.05, 0) is 36.2 Å². The van der Waals surface area contributed by atoms with Crippen LogP contribution in [0.15, 0.2) is 42.5 Å². The van der Waals surface area contributed by atoms with E-state index in [0.29, 0.717) is 6.42 Å². The van der Waals surface area contributed by atoms with E-state index in [0.717, 1.165) is 11.3 Å². The van der Waals surface area contributed by atoms with Crippen molar-refractivity contribution in [1.82, 2.24) is 0 Å². The SMILES string of the molecule is COc1ccc(CCC(=O)c2c(OC)cccc2O[C@@H]2O[C@H](CO)[C@@H](O)[C@H](O)[C@H]2O)cc1. The van der Waals surface area contributed by atoms with Gasteiger partial charge in [0.2, 0.25) is 6.29 Å². The predicted octanol–water partition coefficient (Wildman–Crippen LogP) is 0.698. The maximum absolute atomic E-state index is 13.1. The van der Waals surface area contributed by atoms with Gasteiger partial charge in [0.05, 0.1) is 20.8 Å². The third-order valence-electron chi connectivity index (χ3n) is 5.38. The number of rotatable bonds is 9. The Balaban J connectivity index is 1.79. The number of Topliss-reactive ketones (excluding diaryl/α,β-unsaturated/α-hetero) is 1. The summed E-state index contributed by atoms with van der Waals surface area (Å²) >= 11 is 0. The van der Waals surface area contributed by atoms with Gasteiger partial charge in [0.25, 0.3) is 0 Å². The Hall–Kier alpha value is -2.69. The third kappa shape index (κ3) is 5.20. The molecular formula is C23H28O9. The first kappa shape index (κ1) is 24.0. The molecule has 1 aliphatic heterocycles. The van der Waals surface area contributed by atoms with Gasteiger partial charge in [0, 0.05) is 6.42 Å². The van der Waals surface area contributed by atoms with Gasteiger partial charge in [-0.15, -0.1) is 0 Å².